The van der Waals surface area contributed by atoms with E-state index in [1.807, 2.05) is 13.8 Å². The van der Waals surface area contributed by atoms with Crippen LogP contribution >= 0.6 is 0 Å². The van der Waals surface area contributed by atoms with Crippen molar-refractivity contribution in [2.45, 2.75) is 26.7 Å². The number of ether oxygens (including phenoxy) is 2. The van der Waals surface area contributed by atoms with Gasteiger partial charge in [-0.15, -0.1) is 0 Å². The van der Waals surface area contributed by atoms with Crippen molar-refractivity contribution >= 4 is 23.3 Å². The molecule has 0 aliphatic rings. The molecule has 0 aliphatic carbocycles. The topological polar surface area (TPSA) is 81.7 Å². The Morgan fingerprint density at radius 1 is 1.07 bits per heavy atom. The molecular formula is C22H24FNO5. The Kier molecular flexibility index (Phi) is 7.88. The maximum absolute atomic E-state index is 13.7. The molecule has 0 heterocycles. The first-order chi connectivity index (χ1) is 13.8. The zero-order chi connectivity index (χ0) is 21.4. The third-order valence-corrected chi connectivity index (χ3v) is 4.01. The van der Waals surface area contributed by atoms with Crippen molar-refractivity contribution in [2.75, 3.05) is 19.0 Å². The van der Waals surface area contributed by atoms with Crippen LogP contribution in [-0.4, -0.2) is 31.4 Å². The maximum Gasteiger partial charge on any atom is 0.310 e. The minimum absolute atomic E-state index is 0.0844. The number of ketones is 1. The summed E-state index contributed by atoms with van der Waals surface area (Å²) in [6.45, 7) is 3.48. The second-order valence-corrected chi connectivity index (χ2v) is 6.95. The molecule has 0 bridgehead atoms. The van der Waals surface area contributed by atoms with E-state index in [0.29, 0.717) is 23.2 Å². The Balaban J connectivity index is 1.84. The smallest absolute Gasteiger partial charge is 0.310 e. The van der Waals surface area contributed by atoms with E-state index >= 15 is 0 Å². The third kappa shape index (κ3) is 7.03. The fraction of sp³-hybridized carbons (Fsp3) is 0.318. The normalized spacial score (nSPS) is 10.5. The van der Waals surface area contributed by atoms with Gasteiger partial charge in [-0.05, 0) is 47.9 Å². The first kappa shape index (κ1) is 22.1. The lowest BCUT2D eigenvalue weighted by Gasteiger charge is -2.08. The number of nitrogens with one attached hydrogen (secondary N) is 1. The zero-order valence-electron chi connectivity index (χ0n) is 16.7. The van der Waals surface area contributed by atoms with Crippen molar-refractivity contribution in [1.29, 1.82) is 0 Å². The van der Waals surface area contributed by atoms with Gasteiger partial charge in [0.2, 0.25) is 5.91 Å². The van der Waals surface area contributed by atoms with Crippen LogP contribution in [0.1, 0.15) is 36.2 Å². The number of halogens is 1. The van der Waals surface area contributed by atoms with Crippen molar-refractivity contribution in [3.63, 3.8) is 0 Å². The Morgan fingerprint density at radius 2 is 1.76 bits per heavy atom. The fourth-order valence-electron chi connectivity index (χ4n) is 2.59. The molecule has 7 heteroatoms. The molecule has 2 aromatic rings. The molecule has 1 N–H and O–H groups in total. The van der Waals surface area contributed by atoms with Crippen molar-refractivity contribution < 1.29 is 28.2 Å². The molecular weight excluding hydrogens is 377 g/mol. The maximum atomic E-state index is 13.7. The summed E-state index contributed by atoms with van der Waals surface area (Å²) in [6, 6.07) is 10.5. The first-order valence-electron chi connectivity index (χ1n) is 9.19. The van der Waals surface area contributed by atoms with Crippen LogP contribution in [0.25, 0.3) is 0 Å². The van der Waals surface area contributed by atoms with Crippen LogP contribution in [0.15, 0.2) is 42.5 Å². The molecule has 0 fully saturated rings. The van der Waals surface area contributed by atoms with E-state index in [4.69, 9.17) is 9.47 Å². The number of hydrogen-bond donors (Lipinski definition) is 1. The molecule has 0 aromatic heterocycles. The summed E-state index contributed by atoms with van der Waals surface area (Å²) >= 11 is 0. The summed E-state index contributed by atoms with van der Waals surface area (Å²) in [6.07, 6.45) is 0.254. The minimum Gasteiger partial charge on any atom is -0.494 e. The van der Waals surface area contributed by atoms with Crippen LogP contribution in [0.2, 0.25) is 0 Å². The van der Waals surface area contributed by atoms with Crippen molar-refractivity contribution in [2.24, 2.45) is 5.92 Å². The molecule has 154 valence electrons. The lowest BCUT2D eigenvalue weighted by atomic mass is 10.1. The van der Waals surface area contributed by atoms with E-state index in [1.165, 1.54) is 19.2 Å². The molecule has 0 atom stereocenters. The molecule has 0 unspecified atom stereocenters. The summed E-state index contributed by atoms with van der Waals surface area (Å²) in [5, 5.41) is 2.75. The molecule has 29 heavy (non-hydrogen) atoms. The summed E-state index contributed by atoms with van der Waals surface area (Å²) in [5.74, 6) is -1.35. The highest BCUT2D eigenvalue weighted by atomic mass is 19.1. The van der Waals surface area contributed by atoms with Crippen molar-refractivity contribution in [1.82, 2.24) is 0 Å². The third-order valence-electron chi connectivity index (χ3n) is 4.01. The Morgan fingerprint density at radius 3 is 2.34 bits per heavy atom. The first-order valence-corrected chi connectivity index (χ1v) is 9.19. The number of rotatable bonds is 9. The number of amides is 1. The van der Waals surface area contributed by atoms with Crippen LogP contribution in [0.3, 0.4) is 0 Å². The van der Waals surface area contributed by atoms with Gasteiger partial charge in [-0.25, -0.2) is 4.39 Å². The highest BCUT2D eigenvalue weighted by Gasteiger charge is 2.13. The van der Waals surface area contributed by atoms with E-state index in [-0.39, 0.29) is 29.8 Å². The Labute approximate surface area is 169 Å². The predicted molar refractivity (Wildman–Crippen MR) is 106 cm³/mol. The van der Waals surface area contributed by atoms with Crippen molar-refractivity contribution in [3.8, 4) is 5.75 Å². The lowest BCUT2D eigenvalue weighted by Crippen LogP contribution is -2.16. The quantitative estimate of drug-likeness (QED) is 0.511. The van der Waals surface area contributed by atoms with E-state index in [1.54, 1.807) is 30.3 Å². The average Bonchev–Trinajstić information content (AvgIpc) is 2.66. The average molecular weight is 401 g/mol. The second-order valence-electron chi connectivity index (χ2n) is 6.95. The summed E-state index contributed by atoms with van der Waals surface area (Å²) in [4.78, 5) is 35.8. The molecule has 2 rings (SSSR count). The monoisotopic (exact) mass is 401 g/mol. The van der Waals surface area contributed by atoms with Crippen LogP contribution in [-0.2, 0) is 20.7 Å². The van der Waals surface area contributed by atoms with Gasteiger partial charge in [0.15, 0.2) is 24.0 Å². The number of carbonyl (C=O) groups is 3. The highest BCUT2D eigenvalue weighted by molar-refractivity contribution is 5.99. The molecule has 0 radical (unpaired) electrons. The number of benzene rings is 2. The molecule has 6 nitrogen and oxygen atoms in total. The number of carbonyl (C=O) groups excluding carboxylic acids is 3. The van der Waals surface area contributed by atoms with E-state index in [9.17, 15) is 18.8 Å². The van der Waals surface area contributed by atoms with E-state index in [0.717, 1.165) is 0 Å². The van der Waals surface area contributed by atoms with Crippen LogP contribution < -0.4 is 10.1 Å². The van der Waals surface area contributed by atoms with Crippen molar-refractivity contribution in [3.05, 3.63) is 59.4 Å². The Bertz CT molecular complexity index is 877. The van der Waals surface area contributed by atoms with Gasteiger partial charge in [0.25, 0.3) is 0 Å². The highest BCUT2D eigenvalue weighted by Crippen LogP contribution is 2.18. The Hall–Kier alpha value is -3.22. The van der Waals surface area contributed by atoms with Gasteiger partial charge in [-0.1, -0.05) is 19.9 Å². The molecule has 0 aliphatic heterocycles. The number of anilines is 1. The van der Waals surface area contributed by atoms with Gasteiger partial charge in [0.05, 0.1) is 13.5 Å². The summed E-state index contributed by atoms with van der Waals surface area (Å²) in [5.41, 5.74) is 1.36. The molecule has 0 spiro atoms. The fourth-order valence-corrected chi connectivity index (χ4v) is 2.59. The van der Waals surface area contributed by atoms with Gasteiger partial charge < -0.3 is 14.8 Å². The number of hydrogen-bond acceptors (Lipinski definition) is 5. The minimum atomic E-state index is -0.638. The largest absolute Gasteiger partial charge is 0.494 e. The van der Waals surface area contributed by atoms with Gasteiger partial charge >= 0.3 is 5.97 Å². The van der Waals surface area contributed by atoms with Crippen LogP contribution in [0.5, 0.6) is 5.75 Å². The molecule has 1 amide bonds. The van der Waals surface area contributed by atoms with E-state index < -0.39 is 18.4 Å². The van der Waals surface area contributed by atoms with Crippen LogP contribution in [0, 0.1) is 11.7 Å². The molecule has 0 saturated carbocycles. The van der Waals surface area contributed by atoms with Gasteiger partial charge in [-0.2, -0.15) is 0 Å². The van der Waals surface area contributed by atoms with Gasteiger partial charge in [0.1, 0.15) is 0 Å². The number of methoxy groups -OCH3 is 1. The standard InChI is InChI=1S/C22H24FNO5/c1-14(2)10-21(26)24-17-7-5-16(6-8-17)19(25)13-29-22(27)12-15-4-9-20(28-3)18(23)11-15/h4-9,11,14H,10,12-13H2,1-3H3,(H,24,26). The predicted octanol–water partition coefficient (Wildman–Crippen LogP) is 3.79. The SMILES string of the molecule is COc1ccc(CC(=O)OCC(=O)c2ccc(NC(=O)CC(C)C)cc2)cc1F. The number of esters is 1. The van der Waals surface area contributed by atoms with Gasteiger partial charge in [-0.3, -0.25) is 14.4 Å². The lowest BCUT2D eigenvalue weighted by molar-refractivity contribution is -0.141. The summed E-state index contributed by atoms with van der Waals surface area (Å²) < 4.78 is 23.5. The zero-order valence-corrected chi connectivity index (χ0v) is 16.7. The summed E-state index contributed by atoms with van der Waals surface area (Å²) in [7, 11) is 1.35. The van der Waals surface area contributed by atoms with Gasteiger partial charge in [0, 0.05) is 17.7 Å². The number of Topliss-reactive ketones (excluding diaryl/α,β-unsaturated/α-hetero) is 1. The molecule has 2 aromatic carbocycles. The van der Waals surface area contributed by atoms with E-state index in [2.05, 4.69) is 5.32 Å². The second kappa shape index (κ2) is 10.4. The molecule has 0 saturated heterocycles. The van der Waals surface area contributed by atoms with Crippen LogP contribution in [0.4, 0.5) is 10.1 Å².